The molecule has 5 heteroatoms. The molecule has 0 radical (unpaired) electrons. The van der Waals surface area contributed by atoms with E-state index in [9.17, 15) is 4.79 Å². The fourth-order valence-corrected chi connectivity index (χ4v) is 1.60. The lowest BCUT2D eigenvalue weighted by Crippen LogP contribution is -2.24. The first-order valence-corrected chi connectivity index (χ1v) is 6.65. The van der Waals surface area contributed by atoms with Crippen molar-refractivity contribution in [2.45, 2.75) is 39.3 Å². The molecule has 0 aliphatic heterocycles. The maximum absolute atomic E-state index is 11.6. The van der Waals surface area contributed by atoms with Gasteiger partial charge in [-0.05, 0) is 39.9 Å². The van der Waals surface area contributed by atoms with Crippen molar-refractivity contribution in [3.63, 3.8) is 0 Å². The summed E-state index contributed by atoms with van der Waals surface area (Å²) in [6, 6.07) is 3.76. The largest absolute Gasteiger partial charge is 0.475 e. The number of hydrogen-bond acceptors (Lipinski definition) is 4. The van der Waals surface area contributed by atoms with Gasteiger partial charge < -0.3 is 15.4 Å². The summed E-state index contributed by atoms with van der Waals surface area (Å²) in [6.45, 7) is 5.21. The SMILES string of the molecule is CNCCCC(=O)NCc1cccnc1OC(C)C. The molecule has 0 saturated carbocycles. The molecule has 0 atom stereocenters. The van der Waals surface area contributed by atoms with Gasteiger partial charge in [-0.25, -0.2) is 4.98 Å². The third-order valence-corrected chi connectivity index (χ3v) is 2.50. The van der Waals surface area contributed by atoms with Crippen LogP contribution >= 0.6 is 0 Å². The summed E-state index contributed by atoms with van der Waals surface area (Å²) < 4.78 is 5.60. The highest BCUT2D eigenvalue weighted by Crippen LogP contribution is 2.15. The molecule has 106 valence electrons. The molecule has 2 N–H and O–H groups in total. The zero-order valence-electron chi connectivity index (χ0n) is 11.9. The second-order valence-corrected chi connectivity index (χ2v) is 4.62. The molecule has 0 spiro atoms. The van der Waals surface area contributed by atoms with Crippen LogP contribution in [0.3, 0.4) is 0 Å². The summed E-state index contributed by atoms with van der Waals surface area (Å²) in [6.07, 6.45) is 3.13. The summed E-state index contributed by atoms with van der Waals surface area (Å²) in [5.41, 5.74) is 0.901. The smallest absolute Gasteiger partial charge is 0.220 e. The Hall–Kier alpha value is -1.62. The van der Waals surface area contributed by atoms with Crippen LogP contribution in [0.15, 0.2) is 18.3 Å². The van der Waals surface area contributed by atoms with Crippen molar-refractivity contribution in [2.24, 2.45) is 0 Å². The monoisotopic (exact) mass is 265 g/mol. The van der Waals surface area contributed by atoms with Gasteiger partial charge in [-0.1, -0.05) is 6.07 Å². The molecule has 1 rings (SSSR count). The molecule has 1 aromatic rings. The van der Waals surface area contributed by atoms with Crippen molar-refractivity contribution < 1.29 is 9.53 Å². The minimum absolute atomic E-state index is 0.0506. The Morgan fingerprint density at radius 2 is 2.26 bits per heavy atom. The van der Waals surface area contributed by atoms with Crippen LogP contribution < -0.4 is 15.4 Å². The second kappa shape index (κ2) is 8.48. The van der Waals surface area contributed by atoms with E-state index in [0.717, 1.165) is 18.5 Å². The Morgan fingerprint density at radius 1 is 1.47 bits per heavy atom. The molecule has 19 heavy (non-hydrogen) atoms. The van der Waals surface area contributed by atoms with Crippen molar-refractivity contribution in [1.29, 1.82) is 0 Å². The normalized spacial score (nSPS) is 10.5. The van der Waals surface area contributed by atoms with Crippen molar-refractivity contribution >= 4 is 5.91 Å². The lowest BCUT2D eigenvalue weighted by molar-refractivity contribution is -0.121. The fourth-order valence-electron chi connectivity index (χ4n) is 1.60. The second-order valence-electron chi connectivity index (χ2n) is 4.62. The van der Waals surface area contributed by atoms with Crippen molar-refractivity contribution in [1.82, 2.24) is 15.6 Å². The van der Waals surface area contributed by atoms with Gasteiger partial charge in [0, 0.05) is 24.7 Å². The van der Waals surface area contributed by atoms with Gasteiger partial charge >= 0.3 is 0 Å². The van der Waals surface area contributed by atoms with Crippen LogP contribution in [0.5, 0.6) is 5.88 Å². The standard InChI is InChI=1S/C14H23N3O2/c1-11(2)19-14-12(6-4-9-16-14)10-17-13(18)7-5-8-15-3/h4,6,9,11,15H,5,7-8,10H2,1-3H3,(H,17,18). The fraction of sp³-hybridized carbons (Fsp3) is 0.571. The van der Waals surface area contributed by atoms with Crippen LogP contribution in [-0.2, 0) is 11.3 Å². The molecule has 0 aliphatic carbocycles. The number of carbonyl (C=O) groups is 1. The first-order chi connectivity index (χ1) is 9.13. The number of carbonyl (C=O) groups excluding carboxylic acids is 1. The maximum atomic E-state index is 11.6. The summed E-state index contributed by atoms with van der Waals surface area (Å²) in [5, 5.41) is 5.90. The summed E-state index contributed by atoms with van der Waals surface area (Å²) in [7, 11) is 1.88. The number of rotatable bonds is 8. The molecule has 5 nitrogen and oxygen atoms in total. The first kappa shape index (κ1) is 15.4. The number of ether oxygens (including phenoxy) is 1. The zero-order valence-corrected chi connectivity index (χ0v) is 11.9. The average molecular weight is 265 g/mol. The third kappa shape index (κ3) is 6.20. The quantitative estimate of drug-likeness (QED) is 0.699. The number of hydrogen-bond donors (Lipinski definition) is 2. The Bertz CT molecular complexity index is 394. The number of pyridine rings is 1. The molecule has 0 saturated heterocycles. The molecular formula is C14H23N3O2. The van der Waals surface area contributed by atoms with E-state index in [4.69, 9.17) is 4.74 Å². The molecule has 0 bridgehead atoms. The topological polar surface area (TPSA) is 63.2 Å². The van der Waals surface area contributed by atoms with Crippen LogP contribution in [0.2, 0.25) is 0 Å². The molecule has 1 aromatic heterocycles. The Balaban J connectivity index is 2.46. The van der Waals surface area contributed by atoms with E-state index in [1.165, 1.54) is 0 Å². The Kier molecular flexibility index (Phi) is 6.89. The molecule has 0 aliphatic rings. The van der Waals surface area contributed by atoms with Gasteiger partial charge in [0.1, 0.15) is 0 Å². The van der Waals surface area contributed by atoms with Gasteiger partial charge in [0.2, 0.25) is 11.8 Å². The molecule has 0 fully saturated rings. The van der Waals surface area contributed by atoms with Crippen LogP contribution in [0.25, 0.3) is 0 Å². The Morgan fingerprint density at radius 3 is 2.95 bits per heavy atom. The van der Waals surface area contributed by atoms with Gasteiger partial charge in [0.15, 0.2) is 0 Å². The third-order valence-electron chi connectivity index (χ3n) is 2.50. The lowest BCUT2D eigenvalue weighted by atomic mass is 10.2. The molecule has 0 unspecified atom stereocenters. The van der Waals surface area contributed by atoms with E-state index in [1.807, 2.05) is 33.0 Å². The van der Waals surface area contributed by atoms with Crippen LogP contribution in [-0.4, -0.2) is 30.6 Å². The summed E-state index contributed by atoms with van der Waals surface area (Å²) in [4.78, 5) is 15.8. The Labute approximate surface area is 114 Å². The number of aromatic nitrogens is 1. The van der Waals surface area contributed by atoms with Gasteiger partial charge in [0.25, 0.3) is 0 Å². The van der Waals surface area contributed by atoms with E-state index >= 15 is 0 Å². The predicted molar refractivity (Wildman–Crippen MR) is 75.0 cm³/mol. The highest BCUT2D eigenvalue weighted by molar-refractivity contribution is 5.75. The van der Waals surface area contributed by atoms with E-state index in [1.54, 1.807) is 6.20 Å². The molecule has 0 aromatic carbocycles. The van der Waals surface area contributed by atoms with Crippen LogP contribution in [0.1, 0.15) is 32.3 Å². The maximum Gasteiger partial charge on any atom is 0.220 e. The van der Waals surface area contributed by atoms with E-state index in [-0.39, 0.29) is 12.0 Å². The van der Waals surface area contributed by atoms with Gasteiger partial charge in [-0.15, -0.1) is 0 Å². The minimum atomic E-state index is 0.0506. The number of nitrogens with one attached hydrogen (secondary N) is 2. The van der Waals surface area contributed by atoms with Gasteiger partial charge in [-0.2, -0.15) is 0 Å². The predicted octanol–water partition coefficient (Wildman–Crippen LogP) is 1.48. The van der Waals surface area contributed by atoms with Gasteiger partial charge in [-0.3, -0.25) is 4.79 Å². The molecule has 1 heterocycles. The average Bonchev–Trinajstić information content (AvgIpc) is 2.37. The highest BCUT2D eigenvalue weighted by atomic mass is 16.5. The van der Waals surface area contributed by atoms with Crippen molar-refractivity contribution in [3.05, 3.63) is 23.9 Å². The first-order valence-electron chi connectivity index (χ1n) is 6.65. The van der Waals surface area contributed by atoms with E-state index in [2.05, 4.69) is 15.6 Å². The minimum Gasteiger partial charge on any atom is -0.475 e. The summed E-state index contributed by atoms with van der Waals surface area (Å²) >= 11 is 0. The molecular weight excluding hydrogens is 242 g/mol. The molecule has 1 amide bonds. The lowest BCUT2D eigenvalue weighted by Gasteiger charge is -2.13. The van der Waals surface area contributed by atoms with E-state index < -0.39 is 0 Å². The van der Waals surface area contributed by atoms with Crippen LogP contribution in [0.4, 0.5) is 0 Å². The zero-order chi connectivity index (χ0) is 14.1. The number of nitrogens with zero attached hydrogens (tertiary/aromatic N) is 1. The van der Waals surface area contributed by atoms with Crippen molar-refractivity contribution in [2.75, 3.05) is 13.6 Å². The van der Waals surface area contributed by atoms with E-state index in [0.29, 0.717) is 18.8 Å². The van der Waals surface area contributed by atoms with Gasteiger partial charge in [0.05, 0.1) is 6.10 Å². The van der Waals surface area contributed by atoms with Crippen LogP contribution in [0, 0.1) is 0 Å². The van der Waals surface area contributed by atoms with Crippen molar-refractivity contribution in [3.8, 4) is 5.88 Å². The number of amides is 1. The summed E-state index contributed by atoms with van der Waals surface area (Å²) in [5.74, 6) is 0.641. The highest BCUT2D eigenvalue weighted by Gasteiger charge is 2.08.